The second kappa shape index (κ2) is 15.0. The Kier molecular flexibility index (Phi) is 9.34. The monoisotopic (exact) mass is 812 g/mol. The Balaban J connectivity index is 1.21. The van der Waals surface area contributed by atoms with Crippen molar-refractivity contribution in [1.29, 1.82) is 0 Å². The summed E-state index contributed by atoms with van der Waals surface area (Å²) in [5.41, 5.74) is 16.3. The van der Waals surface area contributed by atoms with E-state index in [2.05, 4.69) is 183 Å². The summed E-state index contributed by atoms with van der Waals surface area (Å²) in [7, 11) is 3.50. The molecule has 310 valence electrons. The fraction of sp³-hybridized carbons (Fsp3) is 0.276. The summed E-state index contributed by atoms with van der Waals surface area (Å²) in [4.78, 5) is 5.21. The minimum Gasteiger partial charge on any atom is -0.497 e. The first kappa shape index (κ1) is 38.6. The lowest BCUT2D eigenvalue weighted by molar-refractivity contribution is 0.244. The third-order valence-electron chi connectivity index (χ3n) is 14.8. The fourth-order valence-electron chi connectivity index (χ4n) is 11.4. The number of hydrogen-bond acceptors (Lipinski definition) is 4. The Labute approximate surface area is 367 Å². The summed E-state index contributed by atoms with van der Waals surface area (Å²) in [6.07, 6.45) is 23.8. The Morgan fingerprint density at radius 1 is 0.710 bits per heavy atom. The van der Waals surface area contributed by atoms with Crippen molar-refractivity contribution in [3.63, 3.8) is 0 Å². The topological polar surface area (TPSA) is 24.9 Å². The fourth-order valence-corrected chi connectivity index (χ4v) is 11.4. The van der Waals surface area contributed by atoms with E-state index < -0.39 is 0 Å². The van der Waals surface area contributed by atoms with Crippen LogP contribution in [0.15, 0.2) is 151 Å². The number of anilines is 4. The first-order valence-corrected chi connectivity index (χ1v) is 22.7. The zero-order valence-electron chi connectivity index (χ0n) is 36.9. The molecule has 0 amide bonds. The van der Waals surface area contributed by atoms with Crippen LogP contribution in [-0.2, 0) is 19.3 Å². The number of allylic oxidation sites excluding steroid dienone is 7. The zero-order valence-corrected chi connectivity index (χ0v) is 36.9. The molecule has 0 aromatic heterocycles. The number of benzene rings is 6. The number of nitrogens with zero attached hydrogens (tertiary/aromatic N) is 2. The van der Waals surface area contributed by atoms with Gasteiger partial charge in [-0.3, -0.25) is 0 Å². The Morgan fingerprint density at radius 2 is 1.45 bits per heavy atom. The van der Waals surface area contributed by atoms with Crippen LogP contribution >= 0.6 is 0 Å². The van der Waals surface area contributed by atoms with E-state index in [1.165, 1.54) is 77.7 Å². The van der Waals surface area contributed by atoms with Crippen molar-refractivity contribution in [2.45, 2.75) is 77.7 Å². The lowest BCUT2D eigenvalue weighted by Gasteiger charge is -2.46. The standard InChI is InChI=1S/C58H56N2O2/c1-36(2)50-35-54(60(43-21-25-47(62-6)26-22-43)45-18-16-38-12-8-10-14-40(38)32-45)51-34-52-55-41(29-30-58(52,3)4)33-53(49-28-27-48(50)56(51)57(49)55)59(42-19-23-46(61-5)24-20-42)44-17-15-37-11-7-9-13-39(37)31-44/h7-14,16-28,31,33,35-37,45,52H,15,29-30,32,34H2,1-6H3. The van der Waals surface area contributed by atoms with Crippen molar-refractivity contribution in [2.24, 2.45) is 11.3 Å². The van der Waals surface area contributed by atoms with Crippen molar-refractivity contribution in [2.75, 3.05) is 24.0 Å². The molecule has 5 aliphatic rings. The average molecular weight is 813 g/mol. The van der Waals surface area contributed by atoms with E-state index in [0.29, 0.717) is 17.8 Å². The highest BCUT2D eigenvalue weighted by Crippen LogP contribution is 2.58. The molecular weight excluding hydrogens is 757 g/mol. The smallest absolute Gasteiger partial charge is 0.119 e. The number of aryl methyl sites for hydroxylation is 1. The Morgan fingerprint density at radius 3 is 2.21 bits per heavy atom. The summed E-state index contributed by atoms with van der Waals surface area (Å²) in [5, 5.41) is 5.62. The lowest BCUT2D eigenvalue weighted by Crippen LogP contribution is -2.36. The maximum absolute atomic E-state index is 5.71. The molecule has 4 nitrogen and oxygen atoms in total. The van der Waals surface area contributed by atoms with Crippen LogP contribution < -0.4 is 19.3 Å². The maximum atomic E-state index is 5.71. The summed E-state index contributed by atoms with van der Waals surface area (Å²) in [6, 6.07) is 36.6. The highest BCUT2D eigenvalue weighted by molar-refractivity contribution is 6.19. The van der Waals surface area contributed by atoms with E-state index in [9.17, 15) is 0 Å². The predicted octanol–water partition coefficient (Wildman–Crippen LogP) is 14.6. The molecule has 0 saturated heterocycles. The van der Waals surface area contributed by atoms with Crippen molar-refractivity contribution < 1.29 is 9.47 Å². The molecule has 0 spiro atoms. The van der Waals surface area contributed by atoms with E-state index >= 15 is 0 Å². The van der Waals surface area contributed by atoms with Crippen molar-refractivity contribution >= 4 is 50.4 Å². The molecular formula is C58H56N2O2. The lowest BCUT2D eigenvalue weighted by atomic mass is 9.60. The van der Waals surface area contributed by atoms with Crippen LogP contribution in [0.2, 0.25) is 0 Å². The third-order valence-corrected chi connectivity index (χ3v) is 14.8. The van der Waals surface area contributed by atoms with Gasteiger partial charge in [-0.05, 0) is 171 Å². The molecule has 6 aromatic carbocycles. The molecule has 0 radical (unpaired) electrons. The molecule has 4 heteroatoms. The van der Waals surface area contributed by atoms with Crippen LogP contribution in [0.4, 0.5) is 22.7 Å². The molecule has 6 aromatic rings. The number of ether oxygens (including phenoxy) is 2. The molecule has 5 aliphatic carbocycles. The van der Waals surface area contributed by atoms with E-state index in [0.717, 1.165) is 49.3 Å². The highest BCUT2D eigenvalue weighted by Gasteiger charge is 2.42. The molecule has 3 unspecified atom stereocenters. The van der Waals surface area contributed by atoms with Gasteiger partial charge < -0.3 is 19.3 Å². The normalized spacial score (nSPS) is 20.2. The van der Waals surface area contributed by atoms with E-state index in [1.54, 1.807) is 19.8 Å². The van der Waals surface area contributed by atoms with Gasteiger partial charge in [-0.25, -0.2) is 0 Å². The maximum Gasteiger partial charge on any atom is 0.119 e. The first-order valence-electron chi connectivity index (χ1n) is 22.7. The van der Waals surface area contributed by atoms with Crippen LogP contribution in [0.3, 0.4) is 0 Å². The second-order valence-corrected chi connectivity index (χ2v) is 19.0. The number of fused-ring (bicyclic) bond motifs is 2. The van der Waals surface area contributed by atoms with Gasteiger partial charge in [-0.1, -0.05) is 107 Å². The molecule has 0 saturated carbocycles. The third kappa shape index (κ3) is 6.24. The summed E-state index contributed by atoms with van der Waals surface area (Å²) >= 11 is 0. The first-order chi connectivity index (χ1) is 30.2. The van der Waals surface area contributed by atoms with Crippen LogP contribution in [0.5, 0.6) is 11.5 Å². The number of methoxy groups -OCH3 is 2. The molecule has 0 fully saturated rings. The summed E-state index contributed by atoms with van der Waals surface area (Å²) < 4.78 is 11.4. The highest BCUT2D eigenvalue weighted by atomic mass is 16.5. The van der Waals surface area contributed by atoms with E-state index in [1.807, 2.05) is 0 Å². The molecule has 62 heavy (non-hydrogen) atoms. The van der Waals surface area contributed by atoms with Crippen LogP contribution in [0.25, 0.3) is 27.6 Å². The van der Waals surface area contributed by atoms with Gasteiger partial charge >= 0.3 is 0 Å². The Bertz CT molecular complexity index is 2920. The van der Waals surface area contributed by atoms with Gasteiger partial charge in [0.25, 0.3) is 0 Å². The number of rotatable bonds is 9. The summed E-state index contributed by atoms with van der Waals surface area (Å²) in [6.45, 7) is 9.80. The minimum absolute atomic E-state index is 0.131. The molecule has 0 N–H and O–H groups in total. The van der Waals surface area contributed by atoms with Gasteiger partial charge in [0.05, 0.1) is 25.9 Å². The molecule has 0 bridgehead atoms. The molecule has 3 atom stereocenters. The van der Waals surface area contributed by atoms with Gasteiger partial charge in [0.1, 0.15) is 11.5 Å². The zero-order chi connectivity index (χ0) is 42.3. The van der Waals surface area contributed by atoms with Gasteiger partial charge in [0.15, 0.2) is 0 Å². The largest absolute Gasteiger partial charge is 0.497 e. The molecule has 0 heterocycles. The number of hydrogen-bond donors (Lipinski definition) is 0. The minimum atomic E-state index is 0.131. The van der Waals surface area contributed by atoms with Crippen LogP contribution in [0, 0.1) is 11.3 Å². The van der Waals surface area contributed by atoms with E-state index in [-0.39, 0.29) is 11.5 Å². The predicted molar refractivity (Wildman–Crippen MR) is 260 cm³/mol. The van der Waals surface area contributed by atoms with Crippen molar-refractivity contribution in [3.8, 4) is 11.5 Å². The average Bonchev–Trinajstić information content (AvgIpc) is 3.30. The van der Waals surface area contributed by atoms with Gasteiger partial charge in [-0.15, -0.1) is 0 Å². The van der Waals surface area contributed by atoms with Crippen LogP contribution in [-0.4, -0.2) is 20.3 Å². The van der Waals surface area contributed by atoms with Crippen molar-refractivity contribution in [1.82, 2.24) is 0 Å². The SMILES string of the molecule is COc1ccc(N(C2=CCC3C=CC=CC3=C2)c2cc3c4c5c2ccc2c(C(C)C)cc(N(c6ccc(OC)cc6)C6C=Cc7ccccc7C6)c(c25)CC4C(C)(C)CC3)cc1. The molecule has 11 rings (SSSR count). The van der Waals surface area contributed by atoms with Crippen molar-refractivity contribution in [3.05, 3.63) is 184 Å². The van der Waals surface area contributed by atoms with Gasteiger partial charge in [-0.2, -0.15) is 0 Å². The Hall–Kier alpha value is -6.26. The van der Waals surface area contributed by atoms with Gasteiger partial charge in [0.2, 0.25) is 0 Å². The van der Waals surface area contributed by atoms with Crippen LogP contribution in [0.1, 0.15) is 85.8 Å². The molecule has 0 aliphatic heterocycles. The van der Waals surface area contributed by atoms with E-state index in [4.69, 9.17) is 9.47 Å². The quantitative estimate of drug-likeness (QED) is 0.136. The second-order valence-electron chi connectivity index (χ2n) is 19.0. The van der Waals surface area contributed by atoms with Gasteiger partial charge in [0, 0.05) is 34.1 Å². The summed E-state index contributed by atoms with van der Waals surface area (Å²) in [5.74, 6) is 2.86.